The van der Waals surface area contributed by atoms with E-state index in [0.717, 1.165) is 16.9 Å². The number of carbonyl (C=O) groups is 2. The van der Waals surface area contributed by atoms with Crippen molar-refractivity contribution in [2.24, 2.45) is 4.99 Å². The first-order chi connectivity index (χ1) is 17.8. The molecule has 1 amide bonds. The van der Waals surface area contributed by atoms with Crippen molar-refractivity contribution >= 4 is 35.1 Å². The SMILES string of the molecule is CCC(=O)N(C)C1=CN=C(Nc2ccc(Oc3cccc(C(=O)O)n3)cc2)N(Cc2ccc(Cl)cc2)C1. The molecule has 0 saturated heterocycles. The van der Waals surface area contributed by atoms with Gasteiger partial charge in [0.1, 0.15) is 5.75 Å². The molecule has 0 bridgehead atoms. The molecular weight excluding hydrogens is 494 g/mol. The second kappa shape index (κ2) is 11.6. The Bertz CT molecular complexity index is 1340. The highest BCUT2D eigenvalue weighted by molar-refractivity contribution is 6.30. The summed E-state index contributed by atoms with van der Waals surface area (Å²) in [5.74, 6) is 0.216. The van der Waals surface area contributed by atoms with Crippen LogP contribution in [0.2, 0.25) is 5.02 Å². The lowest BCUT2D eigenvalue weighted by molar-refractivity contribution is -0.128. The number of nitrogens with zero attached hydrogens (tertiary/aromatic N) is 4. The van der Waals surface area contributed by atoms with Gasteiger partial charge in [-0.05, 0) is 48.0 Å². The van der Waals surface area contributed by atoms with E-state index < -0.39 is 5.97 Å². The van der Waals surface area contributed by atoms with Crippen molar-refractivity contribution in [3.8, 4) is 11.6 Å². The molecule has 0 unspecified atom stereocenters. The fourth-order valence-corrected chi connectivity index (χ4v) is 3.74. The molecule has 190 valence electrons. The number of carboxylic acids is 1. The molecule has 0 aliphatic carbocycles. The van der Waals surface area contributed by atoms with Gasteiger partial charge in [0.15, 0.2) is 5.69 Å². The van der Waals surface area contributed by atoms with Crippen LogP contribution in [0, 0.1) is 0 Å². The number of pyridine rings is 1. The van der Waals surface area contributed by atoms with Gasteiger partial charge < -0.3 is 25.0 Å². The molecule has 0 radical (unpaired) electrons. The lowest BCUT2D eigenvalue weighted by Gasteiger charge is -2.33. The van der Waals surface area contributed by atoms with Crippen molar-refractivity contribution in [1.82, 2.24) is 14.8 Å². The van der Waals surface area contributed by atoms with Crippen LogP contribution in [-0.4, -0.2) is 51.3 Å². The van der Waals surface area contributed by atoms with E-state index in [4.69, 9.17) is 21.4 Å². The summed E-state index contributed by atoms with van der Waals surface area (Å²) in [6.07, 6.45) is 2.11. The zero-order valence-corrected chi connectivity index (χ0v) is 21.1. The van der Waals surface area contributed by atoms with Crippen LogP contribution in [0.1, 0.15) is 29.4 Å². The van der Waals surface area contributed by atoms with E-state index in [9.17, 15) is 9.59 Å². The maximum absolute atomic E-state index is 12.2. The number of nitrogens with one attached hydrogen (secondary N) is 1. The van der Waals surface area contributed by atoms with Gasteiger partial charge in [-0.15, -0.1) is 0 Å². The number of guanidine groups is 1. The zero-order valence-electron chi connectivity index (χ0n) is 20.4. The van der Waals surface area contributed by atoms with E-state index in [0.29, 0.717) is 36.2 Å². The van der Waals surface area contributed by atoms with Crippen LogP contribution in [0.25, 0.3) is 0 Å². The number of aromatic carboxylic acids is 1. The molecule has 1 aliphatic heterocycles. The normalized spacial score (nSPS) is 12.9. The van der Waals surface area contributed by atoms with Gasteiger partial charge in [0, 0.05) is 36.8 Å². The molecule has 2 aromatic carbocycles. The Labute approximate surface area is 219 Å². The van der Waals surface area contributed by atoms with Gasteiger partial charge in [0.05, 0.1) is 18.4 Å². The Hall–Kier alpha value is -4.37. The monoisotopic (exact) mass is 519 g/mol. The Morgan fingerprint density at radius 1 is 1.11 bits per heavy atom. The third kappa shape index (κ3) is 6.65. The molecule has 1 aromatic heterocycles. The molecule has 37 heavy (non-hydrogen) atoms. The highest BCUT2D eigenvalue weighted by Crippen LogP contribution is 2.23. The quantitative estimate of drug-likeness (QED) is 0.420. The van der Waals surface area contributed by atoms with E-state index >= 15 is 0 Å². The predicted molar refractivity (Wildman–Crippen MR) is 142 cm³/mol. The maximum atomic E-state index is 12.2. The number of likely N-dealkylation sites (N-methyl/N-ethyl adjacent to an activating group) is 1. The van der Waals surface area contributed by atoms with Gasteiger partial charge in [-0.1, -0.05) is 36.7 Å². The molecule has 0 atom stereocenters. The minimum absolute atomic E-state index is 0.0169. The first-order valence-electron chi connectivity index (χ1n) is 11.6. The first kappa shape index (κ1) is 25.7. The van der Waals surface area contributed by atoms with Gasteiger partial charge in [0.2, 0.25) is 17.7 Å². The molecule has 4 rings (SSSR count). The molecule has 3 aromatic rings. The van der Waals surface area contributed by atoms with Crippen molar-refractivity contribution in [1.29, 1.82) is 0 Å². The number of hydrogen-bond acceptors (Lipinski definition) is 7. The molecule has 0 spiro atoms. The second-order valence-electron chi connectivity index (χ2n) is 8.28. The van der Waals surface area contributed by atoms with Crippen molar-refractivity contribution in [2.45, 2.75) is 19.9 Å². The fraction of sp³-hybridized carbons (Fsp3) is 0.185. The molecule has 10 heteroatoms. The van der Waals surface area contributed by atoms with Gasteiger partial charge in [-0.3, -0.25) is 4.79 Å². The highest BCUT2D eigenvalue weighted by Gasteiger charge is 2.22. The molecule has 0 fully saturated rings. The summed E-state index contributed by atoms with van der Waals surface area (Å²) < 4.78 is 5.70. The van der Waals surface area contributed by atoms with E-state index in [1.54, 1.807) is 42.4 Å². The predicted octanol–water partition coefficient (Wildman–Crippen LogP) is 5.22. The summed E-state index contributed by atoms with van der Waals surface area (Å²) in [5.41, 5.74) is 2.52. The minimum Gasteiger partial charge on any atom is -0.477 e. The zero-order chi connectivity index (χ0) is 26.4. The Morgan fingerprint density at radius 2 is 1.84 bits per heavy atom. The number of aliphatic imine (C=N–C) groups is 1. The van der Waals surface area contributed by atoms with Crippen LogP contribution in [0.3, 0.4) is 0 Å². The van der Waals surface area contributed by atoms with Crippen LogP contribution < -0.4 is 10.1 Å². The standard InChI is InChI=1S/C27H26ClN5O4/c1-3-25(34)32(2)21-15-29-27(33(17-21)16-18-7-9-19(28)10-8-18)30-20-11-13-22(14-12-20)37-24-6-4-5-23(31-24)26(35)36/h4-15H,3,16-17H2,1-2H3,(H,29,30)(H,35,36). The number of amides is 1. The molecule has 9 nitrogen and oxygen atoms in total. The number of carbonyl (C=O) groups excluding carboxylic acids is 1. The van der Waals surface area contributed by atoms with Crippen molar-refractivity contribution in [2.75, 3.05) is 18.9 Å². The average molecular weight is 520 g/mol. The van der Waals surface area contributed by atoms with Gasteiger partial charge in [-0.25, -0.2) is 14.8 Å². The van der Waals surface area contributed by atoms with Crippen LogP contribution in [0.4, 0.5) is 5.69 Å². The number of carboxylic acid groups (broad SMARTS) is 1. The van der Waals surface area contributed by atoms with E-state index in [-0.39, 0.29) is 17.5 Å². The molecular formula is C27H26ClN5O4. The van der Waals surface area contributed by atoms with Crippen LogP contribution >= 0.6 is 11.6 Å². The lowest BCUT2D eigenvalue weighted by Crippen LogP contribution is -2.42. The number of anilines is 1. The van der Waals surface area contributed by atoms with Crippen molar-refractivity contribution in [3.63, 3.8) is 0 Å². The van der Waals surface area contributed by atoms with Gasteiger partial charge >= 0.3 is 5.97 Å². The van der Waals surface area contributed by atoms with Crippen LogP contribution in [0.5, 0.6) is 11.6 Å². The fourth-order valence-electron chi connectivity index (χ4n) is 3.62. The molecule has 2 N–H and O–H groups in total. The minimum atomic E-state index is -1.12. The number of rotatable bonds is 8. The summed E-state index contributed by atoms with van der Waals surface area (Å²) in [4.78, 5) is 35.6. The summed E-state index contributed by atoms with van der Waals surface area (Å²) in [6.45, 7) is 2.88. The van der Waals surface area contributed by atoms with Crippen LogP contribution in [-0.2, 0) is 11.3 Å². The summed E-state index contributed by atoms with van der Waals surface area (Å²) in [6, 6.07) is 19.3. The summed E-state index contributed by atoms with van der Waals surface area (Å²) in [5, 5.41) is 13.1. The maximum Gasteiger partial charge on any atom is 0.354 e. The van der Waals surface area contributed by atoms with Gasteiger partial charge in [-0.2, -0.15) is 0 Å². The summed E-state index contributed by atoms with van der Waals surface area (Å²) in [7, 11) is 1.76. The first-order valence-corrected chi connectivity index (χ1v) is 12.0. The molecule has 2 heterocycles. The summed E-state index contributed by atoms with van der Waals surface area (Å²) >= 11 is 6.05. The average Bonchev–Trinajstić information content (AvgIpc) is 2.91. The number of hydrogen-bond donors (Lipinski definition) is 2. The Balaban J connectivity index is 1.51. The van der Waals surface area contributed by atoms with Crippen LogP contribution in [0.15, 0.2) is 83.6 Å². The molecule has 0 saturated carbocycles. The topological polar surface area (TPSA) is 107 Å². The van der Waals surface area contributed by atoms with Gasteiger partial charge in [0.25, 0.3) is 0 Å². The largest absolute Gasteiger partial charge is 0.477 e. The van der Waals surface area contributed by atoms with Crippen molar-refractivity contribution < 1.29 is 19.4 Å². The number of ether oxygens (including phenoxy) is 1. The smallest absolute Gasteiger partial charge is 0.354 e. The molecule has 1 aliphatic rings. The van der Waals surface area contributed by atoms with Crippen molar-refractivity contribution in [3.05, 3.63) is 94.9 Å². The number of aromatic nitrogens is 1. The Kier molecular flexibility index (Phi) is 8.05. The Morgan fingerprint density at radius 3 is 2.51 bits per heavy atom. The van der Waals surface area contributed by atoms with E-state index in [1.807, 2.05) is 48.2 Å². The third-order valence-corrected chi connectivity index (χ3v) is 5.91. The lowest BCUT2D eigenvalue weighted by atomic mass is 10.2. The number of benzene rings is 2. The third-order valence-electron chi connectivity index (χ3n) is 5.66. The van der Waals surface area contributed by atoms with E-state index in [1.165, 1.54) is 6.07 Å². The highest BCUT2D eigenvalue weighted by atomic mass is 35.5. The second-order valence-corrected chi connectivity index (χ2v) is 8.72. The number of halogens is 1. The van der Waals surface area contributed by atoms with E-state index in [2.05, 4.69) is 15.3 Å².